The summed E-state index contributed by atoms with van der Waals surface area (Å²) in [4.78, 5) is 39.9. The lowest BCUT2D eigenvalue weighted by atomic mass is 10.0. The molecule has 0 bridgehead atoms. The Morgan fingerprint density at radius 1 is 0.400 bits per heavy atom. The maximum Gasteiger partial charge on any atom is 0.329 e. The van der Waals surface area contributed by atoms with Gasteiger partial charge in [0.2, 0.25) is 5.02 Å². The second kappa shape index (κ2) is 28.0. The number of rotatable bonds is 33. The minimum Gasteiger partial charge on any atom is -0.360 e. The Kier molecular flexibility index (Phi) is 25.4. The van der Waals surface area contributed by atoms with Crippen LogP contribution in [0.1, 0.15) is 182 Å². The highest BCUT2D eigenvalue weighted by molar-refractivity contribution is 6.36. The predicted octanol–water partition coefficient (Wildman–Crippen LogP) is 13.1. The molecule has 1 aromatic rings. The van der Waals surface area contributed by atoms with E-state index in [0.29, 0.717) is 51.9 Å². The van der Waals surface area contributed by atoms with Gasteiger partial charge in [0.25, 0.3) is 0 Å². The summed E-state index contributed by atoms with van der Waals surface area (Å²) in [5.41, 5.74) is -2.37. The zero-order valence-electron chi connectivity index (χ0n) is 31.9. The fourth-order valence-electron chi connectivity index (χ4n) is 6.76. The quantitative estimate of drug-likeness (QED) is 0.0396. The zero-order valence-corrected chi connectivity index (χ0v) is 32.6. The first-order valence-electron chi connectivity index (χ1n) is 20.0. The van der Waals surface area contributed by atoms with E-state index >= 15 is 0 Å². The molecule has 0 aromatic heterocycles. The van der Waals surface area contributed by atoms with Crippen LogP contribution in [0.15, 0.2) is 0 Å². The summed E-state index contributed by atoms with van der Waals surface area (Å²) >= 11 is 6.69. The largest absolute Gasteiger partial charge is 0.360 e. The summed E-state index contributed by atoms with van der Waals surface area (Å²) in [6.45, 7) is 10.1. The average molecular weight is 726 g/mol. The highest BCUT2D eigenvalue weighted by Gasteiger charge is 2.45. The van der Waals surface area contributed by atoms with Gasteiger partial charge in [0.05, 0.1) is 14.8 Å². The smallest absolute Gasteiger partial charge is 0.329 e. The van der Waals surface area contributed by atoms with Crippen LogP contribution in [0, 0.1) is 30.3 Å². The topological polar surface area (TPSA) is 136 Å². The van der Waals surface area contributed by atoms with Gasteiger partial charge in [-0.3, -0.25) is 30.3 Å². The van der Waals surface area contributed by atoms with Crippen LogP contribution >= 0.6 is 11.6 Å². The van der Waals surface area contributed by atoms with E-state index in [1.807, 2.05) is 0 Å². The molecule has 0 unspecified atom stereocenters. The monoisotopic (exact) mass is 725 g/mol. The van der Waals surface area contributed by atoms with E-state index < -0.39 is 36.9 Å². The van der Waals surface area contributed by atoms with Gasteiger partial charge in [-0.1, -0.05) is 168 Å². The first-order chi connectivity index (χ1) is 24.2. The lowest BCUT2D eigenvalue weighted by Crippen LogP contribution is -2.31. The Hall–Kier alpha value is -2.69. The van der Waals surface area contributed by atoms with Crippen molar-refractivity contribution in [3.05, 3.63) is 35.4 Å². The Morgan fingerprint density at radius 3 is 0.840 bits per heavy atom. The Bertz CT molecular complexity index is 1010. The summed E-state index contributed by atoms with van der Waals surface area (Å²) < 4.78 is 0. The number of nitro benzene ring substituents is 3. The predicted molar refractivity (Wildman–Crippen MR) is 209 cm³/mol. The molecule has 0 fully saturated rings. The van der Waals surface area contributed by atoms with Crippen molar-refractivity contribution in [3.8, 4) is 0 Å². The number of hydrogen-bond acceptors (Lipinski definition) is 8. The third-order valence-electron chi connectivity index (χ3n) is 9.62. The minimum atomic E-state index is -0.761. The molecule has 50 heavy (non-hydrogen) atoms. The molecule has 0 radical (unpaired) electrons. The Labute approximate surface area is 307 Å². The number of benzene rings is 1. The molecule has 1 aromatic carbocycles. The van der Waals surface area contributed by atoms with Gasteiger partial charge in [-0.2, -0.15) is 0 Å². The van der Waals surface area contributed by atoms with E-state index in [9.17, 15) is 30.3 Å². The molecular weight excluding hydrogens is 658 g/mol. The fraction of sp³-hybridized carbons (Fsp3) is 0.842. The maximum atomic E-state index is 13.2. The summed E-state index contributed by atoms with van der Waals surface area (Å²) in [5, 5.41) is 38.0. The van der Waals surface area contributed by atoms with E-state index in [4.69, 9.17) is 11.6 Å². The molecule has 11 nitrogen and oxygen atoms in total. The molecule has 0 aliphatic heterocycles. The average Bonchev–Trinajstić information content (AvgIpc) is 3.07. The van der Waals surface area contributed by atoms with Crippen LogP contribution in [-0.2, 0) is 0 Å². The molecule has 1 rings (SSSR count). The number of halogens is 1. The molecule has 0 saturated carbocycles. The Morgan fingerprint density at radius 2 is 0.620 bits per heavy atom. The van der Waals surface area contributed by atoms with Gasteiger partial charge >= 0.3 is 17.1 Å². The molecule has 0 saturated heterocycles. The second-order valence-corrected chi connectivity index (χ2v) is 14.3. The van der Waals surface area contributed by atoms with Gasteiger partial charge in [0.1, 0.15) is 0 Å². The first-order valence-corrected chi connectivity index (χ1v) is 20.4. The Balaban J connectivity index is 3.80. The molecule has 0 N–H and O–H groups in total. The van der Waals surface area contributed by atoms with E-state index in [1.54, 1.807) is 9.80 Å². The van der Waals surface area contributed by atoms with Crippen molar-refractivity contribution in [3.63, 3.8) is 0 Å². The van der Waals surface area contributed by atoms with Crippen molar-refractivity contribution in [2.45, 2.75) is 182 Å². The standard InChI is InChI=1S/C38H68ClN5O6/c1-5-9-13-17-21-25-29-40(30-26-22-18-14-10-6-2)36-34(42(45)46)33(39)35(43(47)48)37(38(36)44(49)50)41(31-27-23-19-15-11-7-3)32-28-24-20-16-12-8-4/h5-32H2,1-4H3. The second-order valence-electron chi connectivity index (χ2n) is 13.9. The summed E-state index contributed by atoms with van der Waals surface area (Å²) in [6, 6.07) is 0. The number of nitrogens with zero attached hydrogens (tertiary/aromatic N) is 5. The van der Waals surface area contributed by atoms with E-state index in [2.05, 4.69) is 27.7 Å². The van der Waals surface area contributed by atoms with Crippen LogP contribution in [0.3, 0.4) is 0 Å². The summed E-state index contributed by atoms with van der Waals surface area (Å²) in [6.07, 6.45) is 23.8. The maximum absolute atomic E-state index is 13.2. The molecule has 0 amide bonds. The summed E-state index contributed by atoms with van der Waals surface area (Å²) in [7, 11) is 0. The van der Waals surface area contributed by atoms with Crippen LogP contribution in [0.2, 0.25) is 5.02 Å². The lowest BCUT2D eigenvalue weighted by molar-refractivity contribution is -0.400. The normalized spacial score (nSPS) is 11.2. The molecule has 0 aliphatic carbocycles. The molecule has 0 atom stereocenters. The van der Waals surface area contributed by atoms with Crippen molar-refractivity contribution in [1.82, 2.24) is 0 Å². The van der Waals surface area contributed by atoms with Crippen LogP contribution < -0.4 is 9.80 Å². The molecular formula is C38H68ClN5O6. The van der Waals surface area contributed by atoms with Crippen LogP contribution in [-0.4, -0.2) is 40.9 Å². The highest BCUT2D eigenvalue weighted by atomic mass is 35.5. The number of hydrogen-bond donors (Lipinski definition) is 0. The van der Waals surface area contributed by atoms with Crippen molar-refractivity contribution >= 4 is 40.0 Å². The number of anilines is 2. The lowest BCUT2D eigenvalue weighted by Gasteiger charge is -2.29. The third kappa shape index (κ3) is 16.6. The van der Waals surface area contributed by atoms with Crippen LogP contribution in [0.5, 0.6) is 0 Å². The summed E-state index contributed by atoms with van der Waals surface area (Å²) in [5.74, 6) is 0. The minimum absolute atomic E-state index is 0.177. The first kappa shape index (κ1) is 45.3. The van der Waals surface area contributed by atoms with Crippen LogP contribution in [0.25, 0.3) is 0 Å². The van der Waals surface area contributed by atoms with Crippen LogP contribution in [0.4, 0.5) is 28.4 Å². The van der Waals surface area contributed by atoms with E-state index in [1.165, 1.54) is 0 Å². The fourth-order valence-corrected chi connectivity index (χ4v) is 7.08. The van der Waals surface area contributed by atoms with Gasteiger partial charge < -0.3 is 9.80 Å². The van der Waals surface area contributed by atoms with Gasteiger partial charge in [-0.05, 0) is 25.7 Å². The highest BCUT2D eigenvalue weighted by Crippen LogP contribution is 2.55. The van der Waals surface area contributed by atoms with E-state index in [0.717, 1.165) is 128 Å². The van der Waals surface area contributed by atoms with Crippen molar-refractivity contribution < 1.29 is 14.8 Å². The molecule has 0 heterocycles. The van der Waals surface area contributed by atoms with Crippen molar-refractivity contribution in [1.29, 1.82) is 0 Å². The number of nitro groups is 3. The molecule has 0 spiro atoms. The molecule has 288 valence electrons. The zero-order chi connectivity index (χ0) is 37.1. The SMILES string of the molecule is CCCCCCCCN(CCCCCCCC)c1c([N+](=O)[O-])c(Cl)c([N+](=O)[O-])c(N(CCCCCCCC)CCCCCCCC)c1[N+](=O)[O-]. The van der Waals surface area contributed by atoms with Gasteiger partial charge in [-0.25, -0.2) is 0 Å². The molecule has 0 aliphatic rings. The third-order valence-corrected chi connectivity index (χ3v) is 9.98. The van der Waals surface area contributed by atoms with Crippen molar-refractivity contribution in [2.24, 2.45) is 0 Å². The van der Waals surface area contributed by atoms with Gasteiger partial charge in [0.15, 0.2) is 11.4 Å². The molecule has 12 heteroatoms. The van der Waals surface area contributed by atoms with Gasteiger partial charge in [-0.15, -0.1) is 0 Å². The van der Waals surface area contributed by atoms with E-state index in [-0.39, 0.29) is 11.4 Å². The van der Waals surface area contributed by atoms with Crippen molar-refractivity contribution in [2.75, 3.05) is 36.0 Å². The number of unbranched alkanes of at least 4 members (excludes halogenated alkanes) is 20. The van der Waals surface area contributed by atoms with Gasteiger partial charge in [0, 0.05) is 26.2 Å².